The van der Waals surface area contributed by atoms with Crippen molar-refractivity contribution >= 4 is 0 Å². The van der Waals surface area contributed by atoms with Crippen LogP contribution in [0.5, 0.6) is 17.4 Å². The normalized spacial score (nSPS) is 14.1. The summed E-state index contributed by atoms with van der Waals surface area (Å²) in [5, 5.41) is 15.8. The van der Waals surface area contributed by atoms with Crippen molar-refractivity contribution in [1.29, 1.82) is 0 Å². The van der Waals surface area contributed by atoms with Crippen molar-refractivity contribution in [3.05, 3.63) is 102 Å². The number of ether oxygens (including phenoxy) is 2. The summed E-state index contributed by atoms with van der Waals surface area (Å²) in [6, 6.07) is 28.3. The van der Waals surface area contributed by atoms with E-state index >= 15 is 0 Å². The minimum Gasteiger partial charge on any atom is -0.493 e. The minimum absolute atomic E-state index is 0.448. The van der Waals surface area contributed by atoms with Crippen LogP contribution in [0.1, 0.15) is 29.7 Å². The van der Waals surface area contributed by atoms with E-state index in [1.807, 2.05) is 84.4 Å². The van der Waals surface area contributed by atoms with Crippen LogP contribution in [0.3, 0.4) is 0 Å². The molecule has 1 aromatic heterocycles. The molecule has 1 fully saturated rings. The van der Waals surface area contributed by atoms with Crippen LogP contribution in [0, 0.1) is 6.92 Å². The van der Waals surface area contributed by atoms with Crippen molar-refractivity contribution in [1.82, 2.24) is 14.7 Å². The molecule has 0 bridgehead atoms. The molecule has 5 rings (SSSR count). The van der Waals surface area contributed by atoms with Gasteiger partial charge in [0.15, 0.2) is 11.5 Å². The zero-order valence-electron chi connectivity index (χ0n) is 20.9. The topological polar surface area (TPSA) is 59.8 Å². The first-order valence-electron chi connectivity index (χ1n) is 12.5. The molecule has 0 unspecified atom stereocenters. The molecule has 6 nitrogen and oxygen atoms in total. The third kappa shape index (κ3) is 5.61. The molecule has 186 valence electrons. The molecule has 1 saturated carbocycles. The maximum atomic E-state index is 10.9. The van der Waals surface area contributed by atoms with Crippen LogP contribution in [-0.2, 0) is 13.0 Å². The van der Waals surface area contributed by atoms with Gasteiger partial charge in [0.1, 0.15) is 0 Å². The van der Waals surface area contributed by atoms with E-state index < -0.39 is 6.10 Å². The Balaban J connectivity index is 1.45. The highest BCUT2D eigenvalue weighted by molar-refractivity contribution is 5.47. The van der Waals surface area contributed by atoms with E-state index in [9.17, 15) is 5.11 Å². The number of aryl methyl sites for hydroxylation is 1. The highest BCUT2D eigenvalue weighted by Gasteiger charge is 2.32. The summed E-state index contributed by atoms with van der Waals surface area (Å²) >= 11 is 0. The maximum absolute atomic E-state index is 10.9. The molecular weight excluding hydrogens is 450 g/mol. The van der Waals surface area contributed by atoms with E-state index in [4.69, 9.17) is 14.6 Å². The van der Waals surface area contributed by atoms with Crippen molar-refractivity contribution < 1.29 is 14.6 Å². The number of rotatable bonds is 11. The van der Waals surface area contributed by atoms with Gasteiger partial charge >= 0.3 is 0 Å². The Morgan fingerprint density at radius 3 is 2.25 bits per heavy atom. The summed E-state index contributed by atoms with van der Waals surface area (Å²) in [6.45, 7) is 3.28. The number of aromatic nitrogens is 2. The lowest BCUT2D eigenvalue weighted by Gasteiger charge is -2.25. The van der Waals surface area contributed by atoms with Gasteiger partial charge in [-0.3, -0.25) is 4.90 Å². The van der Waals surface area contributed by atoms with E-state index in [-0.39, 0.29) is 0 Å². The predicted octanol–water partition coefficient (Wildman–Crippen LogP) is 5.55. The molecule has 0 amide bonds. The van der Waals surface area contributed by atoms with Gasteiger partial charge in [-0.2, -0.15) is 5.10 Å². The lowest BCUT2D eigenvalue weighted by molar-refractivity contribution is 0.103. The quantitative estimate of drug-likeness (QED) is 0.303. The van der Waals surface area contributed by atoms with Crippen LogP contribution in [0.25, 0.3) is 5.69 Å². The van der Waals surface area contributed by atoms with Gasteiger partial charge < -0.3 is 14.6 Å². The van der Waals surface area contributed by atoms with Gasteiger partial charge in [0.2, 0.25) is 5.88 Å². The van der Waals surface area contributed by atoms with E-state index in [0.717, 1.165) is 35.3 Å². The van der Waals surface area contributed by atoms with Crippen LogP contribution in [-0.4, -0.2) is 45.6 Å². The van der Waals surface area contributed by atoms with Crippen molar-refractivity contribution in [2.75, 3.05) is 13.7 Å². The Morgan fingerprint density at radius 2 is 1.58 bits per heavy atom. The molecule has 1 atom stereocenters. The third-order valence-corrected chi connectivity index (χ3v) is 6.60. The first-order chi connectivity index (χ1) is 17.6. The summed E-state index contributed by atoms with van der Waals surface area (Å²) in [7, 11) is 1.64. The second kappa shape index (κ2) is 11.0. The second-order valence-corrected chi connectivity index (χ2v) is 9.37. The number of benzene rings is 3. The third-order valence-electron chi connectivity index (χ3n) is 6.60. The SMILES string of the molecule is COc1ccccc1Oc1c(CN(C[C@@H](O)Cc2ccccc2)C2CC2)c(C)nn1-c1ccccc1. The number of hydrogen-bond acceptors (Lipinski definition) is 5. The van der Waals surface area contributed by atoms with Crippen LogP contribution >= 0.6 is 0 Å². The zero-order chi connectivity index (χ0) is 24.9. The number of hydrogen-bond donors (Lipinski definition) is 1. The van der Waals surface area contributed by atoms with Crippen LogP contribution < -0.4 is 9.47 Å². The van der Waals surface area contributed by atoms with E-state index in [1.54, 1.807) is 7.11 Å². The van der Waals surface area contributed by atoms with Gasteiger partial charge in [-0.15, -0.1) is 0 Å². The molecule has 0 saturated heterocycles. The molecule has 1 aliphatic carbocycles. The van der Waals surface area contributed by atoms with Gasteiger partial charge in [-0.05, 0) is 56.0 Å². The van der Waals surface area contributed by atoms with Crippen LogP contribution in [0.15, 0.2) is 84.9 Å². The second-order valence-electron chi connectivity index (χ2n) is 9.37. The average molecular weight is 484 g/mol. The van der Waals surface area contributed by atoms with Gasteiger partial charge in [0, 0.05) is 19.1 Å². The first kappa shape index (κ1) is 24.1. The lowest BCUT2D eigenvalue weighted by Crippen LogP contribution is -2.35. The molecule has 4 aromatic rings. The van der Waals surface area contributed by atoms with Crippen LogP contribution in [0.2, 0.25) is 0 Å². The number of methoxy groups -OCH3 is 1. The highest BCUT2D eigenvalue weighted by Crippen LogP contribution is 2.37. The molecule has 0 aliphatic heterocycles. The number of aliphatic hydroxyl groups excluding tert-OH is 1. The molecule has 36 heavy (non-hydrogen) atoms. The Kier molecular flexibility index (Phi) is 7.35. The maximum Gasteiger partial charge on any atom is 0.227 e. The lowest BCUT2D eigenvalue weighted by atomic mass is 10.1. The zero-order valence-corrected chi connectivity index (χ0v) is 20.9. The Bertz CT molecular complexity index is 1270. The Morgan fingerprint density at radius 1 is 0.944 bits per heavy atom. The fraction of sp³-hybridized carbons (Fsp3) is 0.300. The fourth-order valence-electron chi connectivity index (χ4n) is 4.58. The van der Waals surface area contributed by atoms with Crippen molar-refractivity contribution in [3.63, 3.8) is 0 Å². The summed E-state index contributed by atoms with van der Waals surface area (Å²) in [6.07, 6.45) is 2.48. The Labute approximate surface area is 212 Å². The van der Waals surface area contributed by atoms with Crippen molar-refractivity contribution in [2.24, 2.45) is 0 Å². The molecule has 1 heterocycles. The molecule has 3 aromatic carbocycles. The predicted molar refractivity (Wildman–Crippen MR) is 141 cm³/mol. The highest BCUT2D eigenvalue weighted by atomic mass is 16.5. The van der Waals surface area contributed by atoms with Gasteiger partial charge in [-0.25, -0.2) is 4.68 Å². The average Bonchev–Trinajstić information content (AvgIpc) is 3.71. The summed E-state index contributed by atoms with van der Waals surface area (Å²) in [5.74, 6) is 1.98. The molecule has 6 heteroatoms. The molecular formula is C30H33N3O3. The van der Waals surface area contributed by atoms with E-state index in [2.05, 4.69) is 17.0 Å². The largest absolute Gasteiger partial charge is 0.493 e. The van der Waals surface area contributed by atoms with Crippen molar-refractivity contribution in [2.45, 2.75) is 44.9 Å². The van der Waals surface area contributed by atoms with Gasteiger partial charge in [-0.1, -0.05) is 60.7 Å². The first-order valence-corrected chi connectivity index (χ1v) is 12.5. The number of para-hydroxylation sites is 3. The van der Waals surface area contributed by atoms with Crippen molar-refractivity contribution in [3.8, 4) is 23.1 Å². The Hall–Kier alpha value is -3.61. The molecule has 0 spiro atoms. The number of nitrogens with zero attached hydrogens (tertiary/aromatic N) is 3. The molecule has 0 radical (unpaired) electrons. The van der Waals surface area contributed by atoms with E-state index in [0.29, 0.717) is 42.9 Å². The number of aliphatic hydroxyl groups is 1. The smallest absolute Gasteiger partial charge is 0.227 e. The molecule has 1 aliphatic rings. The monoisotopic (exact) mass is 483 g/mol. The van der Waals surface area contributed by atoms with Gasteiger partial charge in [0.25, 0.3) is 0 Å². The van der Waals surface area contributed by atoms with E-state index in [1.165, 1.54) is 0 Å². The summed E-state index contributed by atoms with van der Waals surface area (Å²) in [4.78, 5) is 2.38. The standard InChI is InChI=1S/C30H33N3O3/c1-22-27(21-32(24-17-18-24)20-26(34)19-23-11-5-3-6-12-23)30(33(31-22)25-13-7-4-8-14-25)36-29-16-10-9-15-28(29)35-2/h3-16,24,26,34H,17-21H2,1-2H3/t26-/m0/s1. The van der Waals surface area contributed by atoms with Gasteiger partial charge in [0.05, 0.1) is 30.2 Å². The summed E-state index contributed by atoms with van der Waals surface area (Å²) < 4.78 is 13.9. The minimum atomic E-state index is -0.448. The molecule has 1 N–H and O–H groups in total. The fourth-order valence-corrected chi connectivity index (χ4v) is 4.58. The summed E-state index contributed by atoms with van der Waals surface area (Å²) in [5.41, 5.74) is 4.00. The van der Waals surface area contributed by atoms with Crippen LogP contribution in [0.4, 0.5) is 0 Å².